The molecule has 102 valence electrons. The molecule has 1 fully saturated rings. The highest BCUT2D eigenvalue weighted by Crippen LogP contribution is 2.26. The van der Waals surface area contributed by atoms with Crippen molar-refractivity contribution in [1.82, 2.24) is 14.3 Å². The topological polar surface area (TPSA) is 58.3 Å². The van der Waals surface area contributed by atoms with Crippen molar-refractivity contribution in [2.75, 3.05) is 13.2 Å². The number of ether oxygens (including phenoxy) is 2. The van der Waals surface area contributed by atoms with Crippen molar-refractivity contribution in [3.63, 3.8) is 0 Å². The zero-order valence-corrected chi connectivity index (χ0v) is 9.61. The Kier molecular flexibility index (Phi) is 3.44. The van der Waals surface area contributed by atoms with Crippen LogP contribution >= 0.6 is 0 Å². The quantitative estimate of drug-likeness (QED) is 0.793. The number of alkyl halides is 3. The van der Waals surface area contributed by atoms with Gasteiger partial charge in [-0.3, -0.25) is 4.57 Å². The van der Waals surface area contributed by atoms with Gasteiger partial charge in [-0.15, -0.1) is 5.10 Å². The Hall–Kier alpha value is -1.35. The minimum absolute atomic E-state index is 0.0212. The number of nitrogens with zero attached hydrogens (tertiary/aromatic N) is 3. The van der Waals surface area contributed by atoms with Crippen molar-refractivity contribution in [3.8, 4) is 0 Å². The van der Waals surface area contributed by atoms with Crippen LogP contribution in [0.4, 0.5) is 13.2 Å². The van der Waals surface area contributed by atoms with E-state index < -0.39 is 24.0 Å². The second-order valence-electron chi connectivity index (χ2n) is 3.85. The first-order chi connectivity index (χ1) is 8.39. The predicted octanol–water partition coefficient (Wildman–Crippen LogP) is 0.364. The summed E-state index contributed by atoms with van der Waals surface area (Å²) >= 11 is 0. The van der Waals surface area contributed by atoms with Crippen LogP contribution in [-0.4, -0.2) is 33.9 Å². The molecular formula is C9H12F3N3O3. The van der Waals surface area contributed by atoms with E-state index in [9.17, 15) is 18.0 Å². The molecule has 0 unspecified atom stereocenters. The van der Waals surface area contributed by atoms with E-state index in [1.54, 1.807) is 0 Å². The van der Waals surface area contributed by atoms with Crippen LogP contribution in [0.3, 0.4) is 0 Å². The van der Waals surface area contributed by atoms with E-state index in [-0.39, 0.29) is 13.0 Å². The lowest BCUT2D eigenvalue weighted by molar-refractivity contribution is -0.147. The molecule has 18 heavy (non-hydrogen) atoms. The molecule has 2 heterocycles. The van der Waals surface area contributed by atoms with Gasteiger partial charge in [0, 0.05) is 13.5 Å². The van der Waals surface area contributed by atoms with Crippen molar-refractivity contribution >= 4 is 0 Å². The van der Waals surface area contributed by atoms with Gasteiger partial charge < -0.3 is 9.47 Å². The highest BCUT2D eigenvalue weighted by atomic mass is 19.4. The van der Waals surface area contributed by atoms with Crippen LogP contribution in [0.5, 0.6) is 0 Å². The summed E-state index contributed by atoms with van der Waals surface area (Å²) in [5, 5.41) is 3.27. The normalized spacial score (nSPS) is 17.6. The van der Waals surface area contributed by atoms with Gasteiger partial charge in [-0.25, -0.2) is 9.48 Å². The molecule has 1 aromatic heterocycles. The maximum Gasteiger partial charge on any atom is 0.451 e. The molecule has 0 atom stereocenters. The Labute approximate surface area is 99.9 Å². The molecule has 1 saturated heterocycles. The van der Waals surface area contributed by atoms with Gasteiger partial charge in [0.15, 0.2) is 6.29 Å². The molecule has 1 aliphatic rings. The van der Waals surface area contributed by atoms with Gasteiger partial charge in [0.2, 0.25) is 5.82 Å². The maximum absolute atomic E-state index is 12.5. The van der Waals surface area contributed by atoms with Gasteiger partial charge in [-0.05, 0) is 0 Å². The van der Waals surface area contributed by atoms with Gasteiger partial charge in [0.25, 0.3) is 0 Å². The molecule has 9 heteroatoms. The lowest BCUT2D eigenvalue weighted by Crippen LogP contribution is -2.26. The van der Waals surface area contributed by atoms with Crippen LogP contribution in [-0.2, 0) is 29.2 Å². The maximum atomic E-state index is 12.5. The third kappa shape index (κ3) is 2.56. The summed E-state index contributed by atoms with van der Waals surface area (Å²) in [6, 6.07) is 0. The van der Waals surface area contributed by atoms with Crippen LogP contribution in [0.1, 0.15) is 12.2 Å². The lowest BCUT2D eigenvalue weighted by Gasteiger charge is -2.07. The van der Waals surface area contributed by atoms with Crippen molar-refractivity contribution in [3.05, 3.63) is 16.3 Å². The Balaban J connectivity index is 2.11. The van der Waals surface area contributed by atoms with Crippen LogP contribution in [0, 0.1) is 0 Å². The van der Waals surface area contributed by atoms with Crippen LogP contribution < -0.4 is 5.69 Å². The number of hydrogen-bond donors (Lipinski definition) is 0. The molecule has 6 nitrogen and oxygen atoms in total. The second kappa shape index (κ2) is 4.73. The van der Waals surface area contributed by atoms with E-state index in [1.165, 1.54) is 0 Å². The first kappa shape index (κ1) is 13.1. The molecule has 2 rings (SSSR count). The minimum atomic E-state index is -4.64. The third-order valence-corrected chi connectivity index (χ3v) is 2.56. The number of halogens is 3. The fourth-order valence-corrected chi connectivity index (χ4v) is 1.68. The molecule has 0 saturated carbocycles. The highest BCUT2D eigenvalue weighted by Gasteiger charge is 2.38. The smallest absolute Gasteiger partial charge is 0.350 e. The van der Waals surface area contributed by atoms with E-state index in [4.69, 9.17) is 9.47 Å². The Morgan fingerprint density at radius 1 is 1.39 bits per heavy atom. The summed E-state index contributed by atoms with van der Waals surface area (Å²) < 4.78 is 49.0. The van der Waals surface area contributed by atoms with E-state index >= 15 is 0 Å². The summed E-state index contributed by atoms with van der Waals surface area (Å²) in [4.78, 5) is 11.5. The summed E-state index contributed by atoms with van der Waals surface area (Å²) in [5.41, 5.74) is -0.805. The van der Waals surface area contributed by atoms with Gasteiger partial charge >= 0.3 is 11.9 Å². The molecule has 0 N–H and O–H groups in total. The van der Waals surface area contributed by atoms with Crippen LogP contribution in [0.25, 0.3) is 0 Å². The zero-order valence-electron chi connectivity index (χ0n) is 9.61. The van der Waals surface area contributed by atoms with Crippen molar-refractivity contribution in [1.29, 1.82) is 0 Å². The minimum Gasteiger partial charge on any atom is -0.350 e. The standard InChI is InChI=1S/C9H12F3N3O3/c1-14-7(9(10,11)12)13-15(8(14)16)3-2-6-17-4-5-18-6/h6H,2-5H2,1H3. The van der Waals surface area contributed by atoms with Gasteiger partial charge in [-0.1, -0.05) is 0 Å². The Bertz CT molecular complexity index is 474. The van der Waals surface area contributed by atoms with Gasteiger partial charge in [-0.2, -0.15) is 13.2 Å². The largest absolute Gasteiger partial charge is 0.451 e. The average molecular weight is 267 g/mol. The van der Waals surface area contributed by atoms with E-state index in [0.717, 1.165) is 11.7 Å². The number of aromatic nitrogens is 3. The van der Waals surface area contributed by atoms with Gasteiger partial charge in [0.05, 0.1) is 19.8 Å². The summed E-state index contributed by atoms with van der Waals surface area (Å²) in [6.07, 6.45) is -4.83. The van der Waals surface area contributed by atoms with Crippen LogP contribution in [0.2, 0.25) is 0 Å². The number of aryl methyl sites for hydroxylation is 1. The highest BCUT2D eigenvalue weighted by molar-refractivity contribution is 4.91. The van der Waals surface area contributed by atoms with Crippen LogP contribution in [0.15, 0.2) is 4.79 Å². The second-order valence-corrected chi connectivity index (χ2v) is 3.85. The van der Waals surface area contributed by atoms with Gasteiger partial charge in [0.1, 0.15) is 0 Å². The Morgan fingerprint density at radius 2 is 2.00 bits per heavy atom. The van der Waals surface area contributed by atoms with Crippen molar-refractivity contribution in [2.24, 2.45) is 7.05 Å². The zero-order chi connectivity index (χ0) is 13.3. The molecule has 1 aliphatic heterocycles. The SMILES string of the molecule is Cn1c(C(F)(F)F)nn(CCC2OCCO2)c1=O. The summed E-state index contributed by atoms with van der Waals surface area (Å²) in [5.74, 6) is -1.21. The molecule has 0 bridgehead atoms. The van der Waals surface area contributed by atoms with Crippen molar-refractivity contribution < 1.29 is 22.6 Å². The first-order valence-corrected chi connectivity index (χ1v) is 5.34. The van der Waals surface area contributed by atoms with E-state index in [0.29, 0.717) is 17.8 Å². The summed E-state index contributed by atoms with van der Waals surface area (Å²) in [7, 11) is 1.04. The predicted molar refractivity (Wildman–Crippen MR) is 52.8 cm³/mol. The van der Waals surface area contributed by atoms with E-state index in [1.807, 2.05) is 0 Å². The lowest BCUT2D eigenvalue weighted by atomic mass is 10.4. The Morgan fingerprint density at radius 3 is 2.50 bits per heavy atom. The third-order valence-electron chi connectivity index (χ3n) is 2.56. The fraction of sp³-hybridized carbons (Fsp3) is 0.778. The number of rotatable bonds is 3. The number of hydrogen-bond acceptors (Lipinski definition) is 4. The summed E-state index contributed by atoms with van der Waals surface area (Å²) in [6.45, 7) is 0.929. The molecular weight excluding hydrogens is 255 g/mol. The first-order valence-electron chi connectivity index (χ1n) is 5.34. The van der Waals surface area contributed by atoms with Crippen molar-refractivity contribution in [2.45, 2.75) is 25.4 Å². The molecule has 1 aromatic rings. The fourth-order valence-electron chi connectivity index (χ4n) is 1.68. The molecule has 0 aliphatic carbocycles. The molecule has 0 aromatic carbocycles. The molecule has 0 amide bonds. The molecule has 0 spiro atoms. The molecule has 0 radical (unpaired) electrons. The van der Waals surface area contributed by atoms with E-state index in [2.05, 4.69) is 5.10 Å². The average Bonchev–Trinajstić information content (AvgIpc) is 2.86. The monoisotopic (exact) mass is 267 g/mol.